The van der Waals surface area contributed by atoms with Gasteiger partial charge in [0, 0.05) is 6.42 Å². The Kier molecular flexibility index (Phi) is 6.52. The first kappa shape index (κ1) is 21.6. The number of methoxy groups -OCH3 is 1. The molecule has 0 aromatic heterocycles. The van der Waals surface area contributed by atoms with E-state index in [1.54, 1.807) is 31.4 Å². The lowest BCUT2D eigenvalue weighted by Crippen LogP contribution is -2.31. The van der Waals surface area contributed by atoms with Crippen molar-refractivity contribution in [2.75, 3.05) is 13.7 Å². The minimum Gasteiger partial charge on any atom is -0.497 e. The van der Waals surface area contributed by atoms with Gasteiger partial charge in [0.25, 0.3) is 5.91 Å². The molecule has 0 radical (unpaired) electrons. The first-order valence-electron chi connectivity index (χ1n) is 10.1. The molecule has 0 saturated carbocycles. The molecule has 0 fully saturated rings. The number of hydrogen-bond donors (Lipinski definition) is 0. The Morgan fingerprint density at radius 2 is 1.69 bits per heavy atom. The van der Waals surface area contributed by atoms with Gasteiger partial charge in [-0.1, -0.05) is 66.2 Å². The number of esters is 1. The van der Waals surface area contributed by atoms with Gasteiger partial charge in [0.1, 0.15) is 5.75 Å². The zero-order chi connectivity index (χ0) is 22.5. The molecule has 1 amide bonds. The lowest BCUT2D eigenvalue weighted by atomic mass is 9.98. The van der Waals surface area contributed by atoms with Crippen LogP contribution in [0.2, 0.25) is 5.02 Å². The number of hydrazone groups is 1. The molecule has 6 nitrogen and oxygen atoms in total. The first-order valence-corrected chi connectivity index (χ1v) is 10.4. The molecule has 0 bridgehead atoms. The summed E-state index contributed by atoms with van der Waals surface area (Å²) in [5.41, 5.74) is 2.85. The van der Waals surface area contributed by atoms with Gasteiger partial charge in [-0.15, -0.1) is 0 Å². The molecule has 3 aromatic carbocycles. The van der Waals surface area contributed by atoms with E-state index in [2.05, 4.69) is 5.10 Å². The van der Waals surface area contributed by atoms with Crippen LogP contribution in [0.3, 0.4) is 0 Å². The van der Waals surface area contributed by atoms with Crippen molar-refractivity contribution in [1.82, 2.24) is 5.01 Å². The predicted molar refractivity (Wildman–Crippen MR) is 122 cm³/mol. The van der Waals surface area contributed by atoms with E-state index in [0.717, 1.165) is 22.6 Å². The Morgan fingerprint density at radius 3 is 2.38 bits per heavy atom. The van der Waals surface area contributed by atoms with E-state index in [0.29, 0.717) is 6.42 Å². The van der Waals surface area contributed by atoms with Crippen LogP contribution in [0.4, 0.5) is 0 Å². The van der Waals surface area contributed by atoms with E-state index in [1.807, 2.05) is 54.6 Å². The van der Waals surface area contributed by atoms with E-state index in [9.17, 15) is 9.59 Å². The zero-order valence-electron chi connectivity index (χ0n) is 17.4. The Balaban J connectivity index is 1.55. The number of hydrogen-bond acceptors (Lipinski definition) is 5. The predicted octanol–water partition coefficient (Wildman–Crippen LogP) is 4.88. The highest BCUT2D eigenvalue weighted by Crippen LogP contribution is 2.33. The summed E-state index contributed by atoms with van der Waals surface area (Å²) in [6, 6.07) is 23.4. The number of halogens is 1. The van der Waals surface area contributed by atoms with Crippen molar-refractivity contribution in [3.63, 3.8) is 0 Å². The SMILES string of the molecule is COc1ccc([C@@H]2CC(c3ccccc3)=NN2C(=O)COC(=O)c2ccccc2Cl)cc1. The molecule has 0 aliphatic carbocycles. The second-order valence-electron chi connectivity index (χ2n) is 7.20. The van der Waals surface area contributed by atoms with Gasteiger partial charge in [-0.05, 0) is 35.4 Å². The average molecular weight is 449 g/mol. The maximum atomic E-state index is 13.0. The molecule has 3 aromatic rings. The van der Waals surface area contributed by atoms with Gasteiger partial charge in [0.05, 0.1) is 29.4 Å². The summed E-state index contributed by atoms with van der Waals surface area (Å²) in [7, 11) is 1.60. The van der Waals surface area contributed by atoms with Gasteiger partial charge in [-0.2, -0.15) is 5.10 Å². The summed E-state index contributed by atoms with van der Waals surface area (Å²) < 4.78 is 10.5. The Hall–Kier alpha value is -3.64. The van der Waals surface area contributed by atoms with Crippen LogP contribution in [-0.4, -0.2) is 36.3 Å². The molecule has 0 spiro atoms. The maximum absolute atomic E-state index is 13.0. The van der Waals surface area contributed by atoms with E-state index < -0.39 is 18.5 Å². The number of nitrogens with zero attached hydrogens (tertiary/aromatic N) is 2. The Bertz CT molecular complexity index is 1150. The molecule has 0 N–H and O–H groups in total. The minimum atomic E-state index is -0.656. The normalized spacial score (nSPS) is 15.2. The van der Waals surface area contributed by atoms with Gasteiger partial charge in [-0.3, -0.25) is 4.79 Å². The molecule has 1 heterocycles. The molecule has 7 heteroatoms. The number of rotatable bonds is 6. The highest BCUT2D eigenvalue weighted by Gasteiger charge is 2.33. The minimum absolute atomic E-state index is 0.212. The van der Waals surface area contributed by atoms with Gasteiger partial charge in [0.15, 0.2) is 6.61 Å². The van der Waals surface area contributed by atoms with Crippen LogP contribution in [0.5, 0.6) is 5.75 Å². The molecular weight excluding hydrogens is 428 g/mol. The lowest BCUT2D eigenvalue weighted by molar-refractivity contribution is -0.136. The van der Waals surface area contributed by atoms with Crippen LogP contribution >= 0.6 is 11.6 Å². The molecule has 32 heavy (non-hydrogen) atoms. The van der Waals surface area contributed by atoms with Gasteiger partial charge >= 0.3 is 5.97 Å². The number of carbonyl (C=O) groups excluding carboxylic acids is 2. The maximum Gasteiger partial charge on any atom is 0.340 e. The van der Waals surface area contributed by atoms with E-state index >= 15 is 0 Å². The summed E-state index contributed by atoms with van der Waals surface area (Å²) in [5.74, 6) is -0.351. The fraction of sp³-hybridized carbons (Fsp3) is 0.160. The zero-order valence-corrected chi connectivity index (χ0v) is 18.2. The number of benzene rings is 3. The summed E-state index contributed by atoms with van der Waals surface area (Å²) in [6.45, 7) is -0.442. The van der Waals surface area contributed by atoms with Crippen molar-refractivity contribution >= 4 is 29.2 Å². The highest BCUT2D eigenvalue weighted by molar-refractivity contribution is 6.33. The van der Waals surface area contributed by atoms with E-state index in [1.165, 1.54) is 5.01 Å². The topological polar surface area (TPSA) is 68.2 Å². The number of ether oxygens (including phenoxy) is 2. The second-order valence-corrected chi connectivity index (χ2v) is 7.61. The van der Waals surface area contributed by atoms with Crippen molar-refractivity contribution in [2.24, 2.45) is 5.10 Å². The third-order valence-electron chi connectivity index (χ3n) is 5.19. The average Bonchev–Trinajstić information content (AvgIpc) is 3.29. The third kappa shape index (κ3) is 4.65. The van der Waals surface area contributed by atoms with Crippen molar-refractivity contribution < 1.29 is 19.1 Å². The van der Waals surface area contributed by atoms with Gasteiger partial charge in [-0.25, -0.2) is 9.80 Å². The van der Waals surface area contributed by atoms with Crippen LogP contribution < -0.4 is 4.74 Å². The lowest BCUT2D eigenvalue weighted by Gasteiger charge is -2.22. The molecule has 1 atom stereocenters. The Labute approximate surface area is 191 Å². The standard InChI is InChI=1S/C25H21ClN2O4/c1-31-19-13-11-18(12-14-19)23-15-22(17-7-3-2-4-8-17)27-28(23)24(29)16-32-25(30)20-9-5-6-10-21(20)26/h2-14,23H,15-16H2,1H3/t23-/m0/s1. The van der Waals surface area contributed by atoms with Gasteiger partial charge in [0.2, 0.25) is 0 Å². The quantitative estimate of drug-likeness (QED) is 0.504. The largest absolute Gasteiger partial charge is 0.497 e. The summed E-state index contributed by atoms with van der Waals surface area (Å²) in [5, 5.41) is 6.24. The molecule has 1 aliphatic heterocycles. The molecule has 4 rings (SSSR count). The summed E-state index contributed by atoms with van der Waals surface area (Å²) in [4.78, 5) is 25.4. The van der Waals surface area contributed by atoms with Crippen molar-refractivity contribution in [2.45, 2.75) is 12.5 Å². The van der Waals surface area contributed by atoms with Crippen molar-refractivity contribution in [3.05, 3.63) is 101 Å². The molecule has 162 valence electrons. The second kappa shape index (κ2) is 9.66. The Morgan fingerprint density at radius 1 is 1.00 bits per heavy atom. The fourth-order valence-electron chi connectivity index (χ4n) is 3.53. The highest BCUT2D eigenvalue weighted by atomic mass is 35.5. The number of carbonyl (C=O) groups is 2. The van der Waals surface area contributed by atoms with E-state index in [-0.39, 0.29) is 16.6 Å². The molecule has 1 aliphatic rings. The van der Waals surface area contributed by atoms with Crippen LogP contribution in [0.25, 0.3) is 0 Å². The van der Waals surface area contributed by atoms with E-state index in [4.69, 9.17) is 21.1 Å². The first-order chi connectivity index (χ1) is 15.6. The molecule has 0 unspecified atom stereocenters. The smallest absolute Gasteiger partial charge is 0.340 e. The third-order valence-corrected chi connectivity index (χ3v) is 5.52. The van der Waals surface area contributed by atoms with Crippen LogP contribution in [0.15, 0.2) is 84.0 Å². The molecular formula is C25H21ClN2O4. The van der Waals surface area contributed by atoms with Gasteiger partial charge < -0.3 is 9.47 Å². The van der Waals surface area contributed by atoms with Crippen LogP contribution in [0.1, 0.15) is 33.9 Å². The van der Waals surface area contributed by atoms with Crippen LogP contribution in [-0.2, 0) is 9.53 Å². The monoisotopic (exact) mass is 448 g/mol. The molecule has 0 saturated heterocycles. The summed E-state index contributed by atoms with van der Waals surface area (Å²) >= 11 is 6.05. The summed E-state index contributed by atoms with van der Waals surface area (Å²) in [6.07, 6.45) is 0.542. The number of amides is 1. The fourth-order valence-corrected chi connectivity index (χ4v) is 3.74. The van der Waals surface area contributed by atoms with Crippen molar-refractivity contribution in [3.8, 4) is 5.75 Å². The van der Waals surface area contributed by atoms with Crippen molar-refractivity contribution in [1.29, 1.82) is 0 Å². The van der Waals surface area contributed by atoms with Crippen LogP contribution in [0, 0.1) is 0 Å².